The Hall–Kier alpha value is -1.61. The molecule has 3 heteroatoms. The molecule has 0 saturated carbocycles. The topological polar surface area (TPSA) is 46.3 Å². The molecule has 14 heavy (non-hydrogen) atoms. The molecule has 0 saturated heterocycles. The molecule has 2 aromatic heterocycles. The minimum absolute atomic E-state index is 0.159. The Bertz CT molecular complexity index is 378. The van der Waals surface area contributed by atoms with E-state index in [0.717, 1.165) is 16.8 Å². The summed E-state index contributed by atoms with van der Waals surface area (Å²) < 4.78 is 4.97. The van der Waals surface area contributed by atoms with Gasteiger partial charge in [0.05, 0.1) is 18.2 Å². The fraction of sp³-hybridized carbons (Fsp3) is 0.182. The Morgan fingerprint density at radius 3 is 2.79 bits per heavy atom. The van der Waals surface area contributed by atoms with Crippen molar-refractivity contribution in [3.8, 4) is 11.3 Å². The summed E-state index contributed by atoms with van der Waals surface area (Å²) in [6.07, 6.45) is 5.71. The van der Waals surface area contributed by atoms with Crippen molar-refractivity contribution in [3.05, 3.63) is 42.5 Å². The first-order chi connectivity index (χ1) is 6.90. The van der Waals surface area contributed by atoms with Crippen LogP contribution in [0.3, 0.4) is 0 Å². The molecule has 0 bridgehead atoms. The van der Waals surface area contributed by atoms with Crippen molar-refractivity contribution in [2.45, 2.75) is 6.42 Å². The average Bonchev–Trinajstić information content (AvgIpc) is 2.72. The molecule has 2 aromatic rings. The molecular formula is C11H11NO2. The van der Waals surface area contributed by atoms with Gasteiger partial charge in [-0.15, -0.1) is 0 Å². The van der Waals surface area contributed by atoms with E-state index < -0.39 is 0 Å². The maximum Gasteiger partial charge on any atom is 0.0996 e. The van der Waals surface area contributed by atoms with Crippen LogP contribution in [0, 0.1) is 0 Å². The second-order valence-corrected chi connectivity index (χ2v) is 3.04. The third-order valence-electron chi connectivity index (χ3n) is 2.04. The summed E-state index contributed by atoms with van der Waals surface area (Å²) in [4.78, 5) is 4.27. The molecule has 0 aliphatic carbocycles. The van der Waals surface area contributed by atoms with Gasteiger partial charge in [0.15, 0.2) is 0 Å². The number of aliphatic hydroxyl groups is 1. The van der Waals surface area contributed by atoms with Crippen molar-refractivity contribution in [2.75, 3.05) is 6.61 Å². The second kappa shape index (κ2) is 4.07. The van der Waals surface area contributed by atoms with Gasteiger partial charge < -0.3 is 9.52 Å². The highest BCUT2D eigenvalue weighted by Gasteiger charge is 2.00. The van der Waals surface area contributed by atoms with E-state index in [1.165, 1.54) is 0 Å². The summed E-state index contributed by atoms with van der Waals surface area (Å²) in [7, 11) is 0. The Balaban J connectivity index is 2.22. The lowest BCUT2D eigenvalue weighted by atomic mass is 10.1. The summed E-state index contributed by atoms with van der Waals surface area (Å²) >= 11 is 0. The van der Waals surface area contributed by atoms with Gasteiger partial charge in [0.1, 0.15) is 0 Å². The van der Waals surface area contributed by atoms with Crippen LogP contribution >= 0.6 is 0 Å². The van der Waals surface area contributed by atoms with Gasteiger partial charge >= 0.3 is 0 Å². The zero-order chi connectivity index (χ0) is 9.80. The van der Waals surface area contributed by atoms with Crippen LogP contribution in [-0.2, 0) is 6.42 Å². The Kier molecular flexibility index (Phi) is 2.60. The van der Waals surface area contributed by atoms with Crippen molar-refractivity contribution in [2.24, 2.45) is 0 Å². The highest BCUT2D eigenvalue weighted by Crippen LogP contribution is 2.16. The van der Waals surface area contributed by atoms with Crippen molar-refractivity contribution < 1.29 is 9.52 Å². The Morgan fingerprint density at radius 2 is 2.21 bits per heavy atom. The maximum absolute atomic E-state index is 8.73. The van der Waals surface area contributed by atoms with E-state index in [1.807, 2.05) is 18.2 Å². The SMILES string of the molecule is OCCc1ccc(-c2ccoc2)nc1. The van der Waals surface area contributed by atoms with Crippen LogP contribution in [0.5, 0.6) is 0 Å². The monoisotopic (exact) mass is 189 g/mol. The number of furan rings is 1. The van der Waals surface area contributed by atoms with Crippen molar-refractivity contribution in [1.82, 2.24) is 4.98 Å². The number of hydrogen-bond donors (Lipinski definition) is 1. The quantitative estimate of drug-likeness (QED) is 0.801. The van der Waals surface area contributed by atoms with Gasteiger partial charge in [0.25, 0.3) is 0 Å². The lowest BCUT2D eigenvalue weighted by Crippen LogP contribution is -1.91. The number of rotatable bonds is 3. The first-order valence-electron chi connectivity index (χ1n) is 4.48. The molecule has 0 fully saturated rings. The molecule has 72 valence electrons. The van der Waals surface area contributed by atoms with Crippen molar-refractivity contribution in [1.29, 1.82) is 0 Å². The van der Waals surface area contributed by atoms with Gasteiger partial charge in [-0.25, -0.2) is 0 Å². The molecule has 2 rings (SSSR count). The summed E-state index contributed by atoms with van der Waals surface area (Å²) in [5.41, 5.74) is 2.90. The van der Waals surface area contributed by atoms with E-state index in [-0.39, 0.29) is 6.61 Å². The van der Waals surface area contributed by atoms with Gasteiger partial charge in [0.2, 0.25) is 0 Å². The first-order valence-corrected chi connectivity index (χ1v) is 4.48. The summed E-state index contributed by atoms with van der Waals surface area (Å²) in [6, 6.07) is 5.76. The molecular weight excluding hydrogens is 178 g/mol. The molecule has 1 N–H and O–H groups in total. The molecule has 0 aromatic carbocycles. The normalized spacial score (nSPS) is 10.4. The predicted molar refractivity (Wildman–Crippen MR) is 52.7 cm³/mol. The summed E-state index contributed by atoms with van der Waals surface area (Å²) in [6.45, 7) is 0.159. The molecule has 0 aliphatic heterocycles. The zero-order valence-electron chi connectivity index (χ0n) is 7.68. The molecule has 0 atom stereocenters. The molecule has 0 spiro atoms. The van der Waals surface area contributed by atoms with Crippen LogP contribution in [0.25, 0.3) is 11.3 Å². The predicted octanol–water partition coefficient (Wildman–Crippen LogP) is 1.88. The smallest absolute Gasteiger partial charge is 0.0996 e. The van der Waals surface area contributed by atoms with Crippen LogP contribution in [0.4, 0.5) is 0 Å². The fourth-order valence-corrected chi connectivity index (χ4v) is 1.28. The van der Waals surface area contributed by atoms with Crippen LogP contribution < -0.4 is 0 Å². The van der Waals surface area contributed by atoms with Crippen LogP contribution in [0.1, 0.15) is 5.56 Å². The van der Waals surface area contributed by atoms with E-state index in [1.54, 1.807) is 18.7 Å². The first kappa shape index (κ1) is 8.97. The van der Waals surface area contributed by atoms with E-state index in [9.17, 15) is 0 Å². The molecule has 0 amide bonds. The summed E-state index contributed by atoms with van der Waals surface area (Å²) in [5.74, 6) is 0. The van der Waals surface area contributed by atoms with E-state index >= 15 is 0 Å². The van der Waals surface area contributed by atoms with E-state index in [0.29, 0.717) is 6.42 Å². The largest absolute Gasteiger partial charge is 0.472 e. The number of aromatic nitrogens is 1. The van der Waals surface area contributed by atoms with Crippen LogP contribution in [0.2, 0.25) is 0 Å². The minimum Gasteiger partial charge on any atom is -0.472 e. The molecule has 0 radical (unpaired) electrons. The lowest BCUT2D eigenvalue weighted by Gasteiger charge is -1.99. The van der Waals surface area contributed by atoms with Crippen molar-refractivity contribution in [3.63, 3.8) is 0 Å². The number of aliphatic hydroxyl groups excluding tert-OH is 1. The minimum atomic E-state index is 0.159. The highest BCUT2D eigenvalue weighted by molar-refractivity contribution is 5.56. The van der Waals surface area contributed by atoms with Crippen LogP contribution in [0.15, 0.2) is 41.3 Å². The van der Waals surface area contributed by atoms with Gasteiger partial charge in [-0.3, -0.25) is 4.98 Å². The maximum atomic E-state index is 8.73. The summed E-state index contributed by atoms with van der Waals surface area (Å²) in [5, 5.41) is 8.73. The second-order valence-electron chi connectivity index (χ2n) is 3.04. The van der Waals surface area contributed by atoms with Crippen molar-refractivity contribution >= 4 is 0 Å². The molecule has 2 heterocycles. The van der Waals surface area contributed by atoms with Gasteiger partial charge in [-0.05, 0) is 24.1 Å². The highest BCUT2D eigenvalue weighted by atomic mass is 16.3. The van der Waals surface area contributed by atoms with Gasteiger partial charge in [-0.1, -0.05) is 6.07 Å². The average molecular weight is 189 g/mol. The lowest BCUT2D eigenvalue weighted by molar-refractivity contribution is 0.299. The fourth-order valence-electron chi connectivity index (χ4n) is 1.28. The van der Waals surface area contributed by atoms with Gasteiger partial charge in [0, 0.05) is 18.4 Å². The zero-order valence-corrected chi connectivity index (χ0v) is 7.68. The standard InChI is InChI=1S/C11H11NO2/c13-5-3-9-1-2-11(12-7-9)10-4-6-14-8-10/h1-2,4,6-8,13H,3,5H2. The van der Waals surface area contributed by atoms with Crippen LogP contribution in [-0.4, -0.2) is 16.7 Å². The molecule has 0 unspecified atom stereocenters. The third kappa shape index (κ3) is 1.83. The van der Waals surface area contributed by atoms with Gasteiger partial charge in [-0.2, -0.15) is 0 Å². The molecule has 0 aliphatic rings. The third-order valence-corrected chi connectivity index (χ3v) is 2.04. The Labute approximate surface area is 82.0 Å². The van der Waals surface area contributed by atoms with E-state index in [4.69, 9.17) is 9.52 Å². The number of pyridine rings is 1. The molecule has 3 nitrogen and oxygen atoms in total. The Morgan fingerprint density at radius 1 is 1.29 bits per heavy atom. The number of hydrogen-bond acceptors (Lipinski definition) is 3. The van der Waals surface area contributed by atoms with E-state index in [2.05, 4.69) is 4.98 Å². The number of nitrogens with zero attached hydrogens (tertiary/aromatic N) is 1.